The van der Waals surface area contributed by atoms with Crippen LogP contribution >= 0.6 is 0 Å². The summed E-state index contributed by atoms with van der Waals surface area (Å²) in [7, 11) is 1.61. The largest absolute Gasteiger partial charge is 0.451 e. The van der Waals surface area contributed by atoms with E-state index >= 15 is 0 Å². The third kappa shape index (κ3) is 4.38. The van der Waals surface area contributed by atoms with Crippen molar-refractivity contribution in [2.24, 2.45) is 0 Å². The Kier molecular flexibility index (Phi) is 5.64. The molecule has 0 bridgehead atoms. The van der Waals surface area contributed by atoms with E-state index in [9.17, 15) is 19.2 Å². The highest BCUT2D eigenvalue weighted by Gasteiger charge is 2.45. The number of ether oxygens (including phenoxy) is 1. The number of benzene rings is 1. The Balaban J connectivity index is 1.89. The molecule has 1 aromatic rings. The van der Waals surface area contributed by atoms with Crippen LogP contribution in [0, 0.1) is 0 Å². The molecule has 1 saturated heterocycles. The molecule has 2 rings (SSSR count). The van der Waals surface area contributed by atoms with Gasteiger partial charge in [0, 0.05) is 13.6 Å². The molecule has 0 saturated carbocycles. The first kappa shape index (κ1) is 19.4. The maximum Gasteiger partial charge on any atom is 0.327 e. The van der Waals surface area contributed by atoms with E-state index in [0.717, 1.165) is 10.5 Å². The van der Waals surface area contributed by atoms with Crippen molar-refractivity contribution in [3.8, 4) is 0 Å². The lowest BCUT2D eigenvalue weighted by atomic mass is 10.1. The maximum atomic E-state index is 12.3. The fraction of sp³-hybridized carbons (Fsp3) is 0.444. The Morgan fingerprint density at radius 3 is 2.38 bits per heavy atom. The van der Waals surface area contributed by atoms with Gasteiger partial charge < -0.3 is 15.0 Å². The van der Waals surface area contributed by atoms with Crippen LogP contribution in [-0.2, 0) is 25.7 Å². The molecule has 1 heterocycles. The number of likely N-dealkylation sites (N-methyl/N-ethyl adjacent to an activating group) is 1. The summed E-state index contributed by atoms with van der Waals surface area (Å²) < 4.78 is 5.09. The van der Waals surface area contributed by atoms with Gasteiger partial charge in [-0.25, -0.2) is 4.79 Å². The number of esters is 1. The standard InChI is InChI=1S/C18H23N3O5/c1-12(15(23)20(4)10-13-8-6-5-7-9-13)26-14(22)11-21-16(24)18(2,3)19-17(21)25/h5-9,12H,10-11H2,1-4H3,(H,19,25)/t12-/m1/s1. The van der Waals surface area contributed by atoms with Crippen LogP contribution in [0.5, 0.6) is 0 Å². The number of nitrogens with one attached hydrogen (secondary N) is 1. The van der Waals surface area contributed by atoms with Crippen LogP contribution < -0.4 is 5.32 Å². The monoisotopic (exact) mass is 361 g/mol. The minimum atomic E-state index is -1.06. The first-order valence-electron chi connectivity index (χ1n) is 8.24. The molecule has 1 fully saturated rings. The molecule has 1 aromatic carbocycles. The SMILES string of the molecule is C[C@@H](OC(=O)CN1C(=O)NC(C)(C)C1=O)C(=O)N(C)Cc1ccccc1. The Morgan fingerprint density at radius 1 is 1.23 bits per heavy atom. The fourth-order valence-corrected chi connectivity index (χ4v) is 2.62. The Bertz CT molecular complexity index is 717. The van der Waals surface area contributed by atoms with E-state index in [1.165, 1.54) is 11.8 Å². The molecule has 4 amide bonds. The number of carbonyl (C=O) groups is 4. The van der Waals surface area contributed by atoms with Crippen molar-refractivity contribution in [1.82, 2.24) is 15.1 Å². The summed E-state index contributed by atoms with van der Waals surface area (Å²) in [5.41, 5.74) is -0.113. The van der Waals surface area contributed by atoms with Gasteiger partial charge in [0.1, 0.15) is 12.1 Å². The van der Waals surface area contributed by atoms with E-state index < -0.39 is 36.1 Å². The summed E-state index contributed by atoms with van der Waals surface area (Å²) in [5.74, 6) is -1.71. The summed E-state index contributed by atoms with van der Waals surface area (Å²) in [6, 6.07) is 8.75. The molecule has 0 unspecified atom stereocenters. The zero-order valence-corrected chi connectivity index (χ0v) is 15.3. The predicted octanol–water partition coefficient (Wildman–Crippen LogP) is 0.907. The molecule has 0 spiro atoms. The molecule has 1 atom stereocenters. The summed E-state index contributed by atoms with van der Waals surface area (Å²) >= 11 is 0. The van der Waals surface area contributed by atoms with Crippen LogP contribution in [0.2, 0.25) is 0 Å². The first-order chi connectivity index (χ1) is 12.1. The first-order valence-corrected chi connectivity index (χ1v) is 8.24. The van der Waals surface area contributed by atoms with Crippen LogP contribution in [0.4, 0.5) is 4.79 Å². The summed E-state index contributed by atoms with van der Waals surface area (Å²) in [5, 5.41) is 2.47. The van der Waals surface area contributed by atoms with Gasteiger partial charge in [-0.15, -0.1) is 0 Å². The van der Waals surface area contributed by atoms with E-state index in [2.05, 4.69) is 5.32 Å². The van der Waals surface area contributed by atoms with Crippen molar-refractivity contribution in [3.05, 3.63) is 35.9 Å². The van der Waals surface area contributed by atoms with E-state index in [4.69, 9.17) is 4.74 Å². The van der Waals surface area contributed by atoms with Gasteiger partial charge in [-0.05, 0) is 26.3 Å². The smallest absolute Gasteiger partial charge is 0.327 e. The molecular formula is C18H23N3O5. The van der Waals surface area contributed by atoms with Gasteiger partial charge in [-0.2, -0.15) is 0 Å². The molecule has 8 heteroatoms. The van der Waals surface area contributed by atoms with Crippen molar-refractivity contribution in [2.75, 3.05) is 13.6 Å². The summed E-state index contributed by atoms with van der Waals surface area (Å²) in [6.45, 7) is 4.39. The number of carbonyl (C=O) groups excluding carboxylic acids is 4. The topological polar surface area (TPSA) is 96.0 Å². The lowest BCUT2D eigenvalue weighted by Crippen LogP contribution is -2.42. The van der Waals surface area contributed by atoms with Crippen LogP contribution in [-0.4, -0.2) is 58.8 Å². The second-order valence-electron chi connectivity index (χ2n) is 6.76. The molecule has 1 aliphatic rings. The zero-order valence-electron chi connectivity index (χ0n) is 15.3. The molecule has 140 valence electrons. The molecule has 1 aliphatic heterocycles. The number of nitrogens with zero attached hydrogens (tertiary/aromatic N) is 2. The highest BCUT2D eigenvalue weighted by Crippen LogP contribution is 2.16. The number of rotatable bonds is 6. The van der Waals surface area contributed by atoms with Gasteiger partial charge >= 0.3 is 12.0 Å². The van der Waals surface area contributed by atoms with Gasteiger partial charge in [-0.3, -0.25) is 19.3 Å². The number of urea groups is 1. The molecule has 0 aliphatic carbocycles. The van der Waals surface area contributed by atoms with Gasteiger partial charge in [0.2, 0.25) is 0 Å². The van der Waals surface area contributed by atoms with Crippen molar-refractivity contribution in [3.63, 3.8) is 0 Å². The van der Waals surface area contributed by atoms with Gasteiger partial charge in [-0.1, -0.05) is 30.3 Å². The quantitative estimate of drug-likeness (QED) is 0.600. The maximum absolute atomic E-state index is 12.3. The third-order valence-corrected chi connectivity index (χ3v) is 4.03. The second kappa shape index (κ2) is 7.55. The average molecular weight is 361 g/mol. The predicted molar refractivity (Wildman–Crippen MR) is 92.8 cm³/mol. The number of hydrogen-bond acceptors (Lipinski definition) is 5. The average Bonchev–Trinajstić information content (AvgIpc) is 2.76. The van der Waals surface area contributed by atoms with E-state index in [0.29, 0.717) is 6.54 Å². The molecular weight excluding hydrogens is 338 g/mol. The van der Waals surface area contributed by atoms with Crippen LogP contribution in [0.3, 0.4) is 0 Å². The normalized spacial score (nSPS) is 16.8. The number of imide groups is 1. The van der Waals surface area contributed by atoms with Gasteiger partial charge in [0.25, 0.3) is 11.8 Å². The van der Waals surface area contributed by atoms with E-state index in [1.807, 2.05) is 30.3 Å². The highest BCUT2D eigenvalue weighted by molar-refractivity contribution is 6.08. The van der Waals surface area contributed by atoms with Gasteiger partial charge in [0.15, 0.2) is 6.10 Å². The molecule has 0 radical (unpaired) electrons. The zero-order chi connectivity index (χ0) is 19.5. The highest BCUT2D eigenvalue weighted by atomic mass is 16.5. The number of hydrogen-bond donors (Lipinski definition) is 1. The third-order valence-electron chi connectivity index (χ3n) is 4.03. The minimum absolute atomic E-state index is 0.375. The Morgan fingerprint density at radius 2 is 1.85 bits per heavy atom. The number of amides is 4. The Labute approximate surface area is 152 Å². The van der Waals surface area contributed by atoms with Crippen molar-refractivity contribution in [2.45, 2.75) is 39.0 Å². The van der Waals surface area contributed by atoms with Crippen LogP contribution in [0.15, 0.2) is 30.3 Å². The lowest BCUT2D eigenvalue weighted by molar-refractivity contribution is -0.160. The lowest BCUT2D eigenvalue weighted by Gasteiger charge is -2.22. The van der Waals surface area contributed by atoms with E-state index in [1.54, 1.807) is 20.9 Å². The summed E-state index contributed by atoms with van der Waals surface area (Å²) in [6.07, 6.45) is -1.02. The van der Waals surface area contributed by atoms with Crippen LogP contribution in [0.1, 0.15) is 26.3 Å². The second-order valence-corrected chi connectivity index (χ2v) is 6.76. The van der Waals surface area contributed by atoms with Crippen molar-refractivity contribution in [1.29, 1.82) is 0 Å². The Hall–Kier alpha value is -2.90. The molecule has 26 heavy (non-hydrogen) atoms. The molecule has 0 aromatic heterocycles. The molecule has 1 N–H and O–H groups in total. The molecule has 8 nitrogen and oxygen atoms in total. The fourth-order valence-electron chi connectivity index (χ4n) is 2.62. The van der Waals surface area contributed by atoms with Crippen molar-refractivity contribution >= 4 is 23.8 Å². The van der Waals surface area contributed by atoms with E-state index in [-0.39, 0.29) is 5.91 Å². The van der Waals surface area contributed by atoms with Crippen LogP contribution in [0.25, 0.3) is 0 Å². The summed E-state index contributed by atoms with van der Waals surface area (Å²) in [4.78, 5) is 50.4. The minimum Gasteiger partial charge on any atom is -0.451 e. The van der Waals surface area contributed by atoms with Crippen molar-refractivity contribution < 1.29 is 23.9 Å². The van der Waals surface area contributed by atoms with Gasteiger partial charge in [0.05, 0.1) is 0 Å².